The summed E-state index contributed by atoms with van der Waals surface area (Å²) in [6.45, 7) is 1.40. The average Bonchev–Trinajstić information content (AvgIpc) is 2.73. The van der Waals surface area contributed by atoms with E-state index in [1.807, 2.05) is 0 Å². The van der Waals surface area contributed by atoms with Crippen molar-refractivity contribution >= 4 is 18.0 Å². The Kier molecular flexibility index (Phi) is 1.93. The Morgan fingerprint density at radius 3 is 1.88 bits per heavy atom. The van der Waals surface area contributed by atoms with Gasteiger partial charge >= 0.3 is 12.1 Å². The zero-order valence-corrected chi connectivity index (χ0v) is 8.98. The second-order valence-electron chi connectivity index (χ2n) is 4.17. The lowest BCUT2D eigenvalue weighted by Crippen LogP contribution is -2.73. The molecule has 3 fully saturated rings. The predicted octanol–water partition coefficient (Wildman–Crippen LogP) is -2.63. The summed E-state index contributed by atoms with van der Waals surface area (Å²) in [5.41, 5.74) is 0. The maximum absolute atomic E-state index is 11.6. The summed E-state index contributed by atoms with van der Waals surface area (Å²) in [4.78, 5) is 35.6. The zero-order chi connectivity index (χ0) is 12.2. The summed E-state index contributed by atoms with van der Waals surface area (Å²) in [6.07, 6.45) is -1.82. The molecule has 0 unspecified atom stereocenters. The minimum absolute atomic E-state index is 0.218. The molecule has 3 heterocycles. The van der Waals surface area contributed by atoms with Gasteiger partial charge < -0.3 is 21.3 Å². The molecule has 0 aromatic heterocycles. The molecule has 9 nitrogen and oxygen atoms in total. The number of amides is 5. The van der Waals surface area contributed by atoms with Gasteiger partial charge in [-0.2, -0.15) is 0 Å². The number of fused-ring (bicyclic) bond motifs is 2. The fourth-order valence-corrected chi connectivity index (χ4v) is 2.44. The molecule has 5 amide bonds. The topological polar surface area (TPSA) is 115 Å². The van der Waals surface area contributed by atoms with Gasteiger partial charge in [-0.3, -0.25) is 15.0 Å². The van der Waals surface area contributed by atoms with Crippen LogP contribution in [0.2, 0.25) is 0 Å². The minimum atomic E-state index is -0.499. The quantitative estimate of drug-likeness (QED) is 0.318. The number of hydrogen-bond acceptors (Lipinski definition) is 4. The van der Waals surface area contributed by atoms with E-state index in [1.54, 1.807) is 0 Å². The molecule has 0 bridgehead atoms. The molecule has 0 saturated carbocycles. The maximum Gasteiger partial charge on any atom is 0.317 e. The van der Waals surface area contributed by atoms with Crippen LogP contribution in [-0.2, 0) is 4.79 Å². The Hall–Kier alpha value is -2.03. The number of urea groups is 2. The molecule has 9 heteroatoms. The van der Waals surface area contributed by atoms with E-state index < -0.39 is 24.7 Å². The van der Waals surface area contributed by atoms with Gasteiger partial charge in [0.1, 0.15) is 24.7 Å². The first-order valence-corrected chi connectivity index (χ1v) is 5.25. The highest BCUT2D eigenvalue weighted by Crippen LogP contribution is 2.19. The van der Waals surface area contributed by atoms with Crippen molar-refractivity contribution in [1.82, 2.24) is 31.5 Å². The standard InChI is InChI=1S/C8H12N6O3/c1-2(15)14-5-3(10-7(16)12-5)9-4-6(14)13-8(17)11-4/h3-6,9H,1H3,(H2,10,12,16)(H2,11,13,17)/t3-,4+,5+,6-. The van der Waals surface area contributed by atoms with E-state index in [0.29, 0.717) is 0 Å². The molecular weight excluding hydrogens is 228 g/mol. The number of hydrogen-bond donors (Lipinski definition) is 5. The number of nitrogens with one attached hydrogen (secondary N) is 5. The van der Waals surface area contributed by atoms with Gasteiger partial charge in [-0.25, -0.2) is 9.59 Å². The third-order valence-electron chi connectivity index (χ3n) is 3.08. The Balaban J connectivity index is 1.92. The Morgan fingerprint density at radius 2 is 1.47 bits per heavy atom. The van der Waals surface area contributed by atoms with Gasteiger partial charge in [-0.1, -0.05) is 0 Å². The van der Waals surface area contributed by atoms with Crippen molar-refractivity contribution in [3.05, 3.63) is 0 Å². The summed E-state index contributed by atoms with van der Waals surface area (Å²) in [7, 11) is 0. The monoisotopic (exact) mass is 240 g/mol. The van der Waals surface area contributed by atoms with Crippen molar-refractivity contribution in [2.24, 2.45) is 0 Å². The van der Waals surface area contributed by atoms with Crippen LogP contribution in [0.4, 0.5) is 9.59 Å². The molecule has 92 valence electrons. The molecule has 3 aliphatic heterocycles. The van der Waals surface area contributed by atoms with E-state index in [0.717, 1.165) is 0 Å². The van der Waals surface area contributed by atoms with Crippen LogP contribution in [-0.4, -0.2) is 47.5 Å². The highest BCUT2D eigenvalue weighted by molar-refractivity contribution is 5.83. The summed E-state index contributed by atoms with van der Waals surface area (Å²) in [5, 5.41) is 13.6. The molecule has 17 heavy (non-hydrogen) atoms. The fourth-order valence-electron chi connectivity index (χ4n) is 2.44. The maximum atomic E-state index is 11.6. The summed E-state index contributed by atoms with van der Waals surface area (Å²) in [5.74, 6) is -0.218. The van der Waals surface area contributed by atoms with Crippen molar-refractivity contribution in [2.45, 2.75) is 31.6 Å². The van der Waals surface area contributed by atoms with E-state index in [1.165, 1.54) is 11.8 Å². The van der Waals surface area contributed by atoms with Crippen molar-refractivity contribution in [3.63, 3.8) is 0 Å². The molecule has 3 saturated heterocycles. The molecule has 0 aromatic rings. The number of piperazine rings is 1. The van der Waals surface area contributed by atoms with E-state index in [9.17, 15) is 14.4 Å². The van der Waals surface area contributed by atoms with Gasteiger partial charge in [-0.05, 0) is 0 Å². The summed E-state index contributed by atoms with van der Waals surface area (Å²) < 4.78 is 0. The highest BCUT2D eigenvalue weighted by atomic mass is 16.2. The predicted molar refractivity (Wildman–Crippen MR) is 54.1 cm³/mol. The van der Waals surface area contributed by atoms with E-state index >= 15 is 0 Å². The van der Waals surface area contributed by atoms with Crippen LogP contribution >= 0.6 is 0 Å². The Morgan fingerprint density at radius 1 is 1.00 bits per heavy atom. The summed E-state index contributed by atoms with van der Waals surface area (Å²) >= 11 is 0. The van der Waals surface area contributed by atoms with Crippen molar-refractivity contribution < 1.29 is 14.4 Å². The molecular formula is C8H12N6O3. The minimum Gasteiger partial charge on any atom is -0.319 e. The normalized spacial score (nSPS) is 38.5. The molecule has 3 aliphatic rings. The average molecular weight is 240 g/mol. The third-order valence-corrected chi connectivity index (χ3v) is 3.08. The Bertz CT molecular complexity index is 382. The van der Waals surface area contributed by atoms with Gasteiger partial charge in [-0.15, -0.1) is 0 Å². The van der Waals surface area contributed by atoms with E-state index in [4.69, 9.17) is 0 Å². The lowest BCUT2D eigenvalue weighted by atomic mass is 10.2. The largest absolute Gasteiger partial charge is 0.319 e. The zero-order valence-electron chi connectivity index (χ0n) is 8.98. The lowest BCUT2D eigenvalue weighted by molar-refractivity contribution is -0.138. The van der Waals surface area contributed by atoms with Crippen molar-refractivity contribution in [1.29, 1.82) is 0 Å². The SMILES string of the molecule is CC(=O)N1[C@@H]2NC(=O)N[C@H]2N[C@H]2NC(=O)N[C@@H]21. The van der Waals surface area contributed by atoms with E-state index in [2.05, 4.69) is 26.6 Å². The van der Waals surface area contributed by atoms with Crippen LogP contribution < -0.4 is 26.6 Å². The molecule has 5 N–H and O–H groups in total. The van der Waals surface area contributed by atoms with Crippen LogP contribution in [0, 0.1) is 0 Å². The molecule has 0 aromatic carbocycles. The lowest BCUT2D eigenvalue weighted by Gasteiger charge is -2.43. The molecule has 0 radical (unpaired) electrons. The first-order chi connectivity index (χ1) is 8.06. The molecule has 0 aliphatic carbocycles. The number of nitrogens with zero attached hydrogens (tertiary/aromatic N) is 1. The van der Waals surface area contributed by atoms with Crippen LogP contribution in [0.3, 0.4) is 0 Å². The van der Waals surface area contributed by atoms with Crippen molar-refractivity contribution in [2.75, 3.05) is 0 Å². The second kappa shape index (κ2) is 3.23. The van der Waals surface area contributed by atoms with Crippen LogP contribution in [0.5, 0.6) is 0 Å². The highest BCUT2D eigenvalue weighted by Gasteiger charge is 2.51. The number of rotatable bonds is 0. The van der Waals surface area contributed by atoms with Gasteiger partial charge in [0.2, 0.25) is 5.91 Å². The molecule has 3 rings (SSSR count). The fraction of sp³-hybridized carbons (Fsp3) is 0.625. The number of carbonyl (C=O) groups is 3. The third kappa shape index (κ3) is 1.39. The first kappa shape index (κ1) is 10.1. The number of carbonyl (C=O) groups excluding carboxylic acids is 3. The molecule has 0 spiro atoms. The smallest absolute Gasteiger partial charge is 0.317 e. The Labute approximate surface area is 96.3 Å². The van der Waals surface area contributed by atoms with Gasteiger partial charge in [0, 0.05) is 6.92 Å². The van der Waals surface area contributed by atoms with Gasteiger partial charge in [0.25, 0.3) is 0 Å². The van der Waals surface area contributed by atoms with Crippen molar-refractivity contribution in [3.8, 4) is 0 Å². The summed E-state index contributed by atoms with van der Waals surface area (Å²) in [6, 6.07) is -0.685. The van der Waals surface area contributed by atoms with Crippen LogP contribution in [0.15, 0.2) is 0 Å². The van der Waals surface area contributed by atoms with Crippen LogP contribution in [0.25, 0.3) is 0 Å². The van der Waals surface area contributed by atoms with Crippen LogP contribution in [0.1, 0.15) is 6.92 Å². The second-order valence-corrected chi connectivity index (χ2v) is 4.17. The van der Waals surface area contributed by atoms with E-state index in [-0.39, 0.29) is 18.0 Å². The van der Waals surface area contributed by atoms with Gasteiger partial charge in [0.15, 0.2) is 0 Å². The molecule has 4 atom stereocenters. The first-order valence-electron chi connectivity index (χ1n) is 5.25. The van der Waals surface area contributed by atoms with Gasteiger partial charge in [0.05, 0.1) is 0 Å².